The van der Waals surface area contributed by atoms with Crippen molar-refractivity contribution in [3.63, 3.8) is 0 Å². The van der Waals surface area contributed by atoms with Crippen LogP contribution in [0.4, 0.5) is 4.79 Å². The third-order valence-electron chi connectivity index (χ3n) is 5.12. The quantitative estimate of drug-likeness (QED) is 0.346. The highest BCUT2D eigenvalue weighted by atomic mass is 16.6. The minimum Gasteiger partial charge on any atom is -0.459 e. The lowest BCUT2D eigenvalue weighted by Crippen LogP contribution is -2.41. The van der Waals surface area contributed by atoms with Crippen LogP contribution in [0.2, 0.25) is 0 Å². The van der Waals surface area contributed by atoms with Crippen molar-refractivity contribution < 1.29 is 23.9 Å². The highest BCUT2D eigenvalue weighted by Gasteiger charge is 2.23. The average Bonchev–Trinajstić information content (AvgIpc) is 3.30. The summed E-state index contributed by atoms with van der Waals surface area (Å²) in [4.78, 5) is 44.6. The lowest BCUT2D eigenvalue weighted by atomic mass is 10.1. The first-order valence-electron chi connectivity index (χ1n) is 12.3. The van der Waals surface area contributed by atoms with Crippen molar-refractivity contribution >= 4 is 18.0 Å². The van der Waals surface area contributed by atoms with Crippen LogP contribution in [0.5, 0.6) is 0 Å². The summed E-state index contributed by atoms with van der Waals surface area (Å²) in [5.41, 5.74) is 1.61. The van der Waals surface area contributed by atoms with E-state index in [0.29, 0.717) is 23.2 Å². The lowest BCUT2D eigenvalue weighted by Gasteiger charge is -2.25. The molecule has 2 aromatic heterocycles. The Hall–Kier alpha value is -4.72. The van der Waals surface area contributed by atoms with Crippen molar-refractivity contribution in [1.82, 2.24) is 30.2 Å². The number of nitrogens with one attached hydrogen (secondary N) is 1. The van der Waals surface area contributed by atoms with Gasteiger partial charge in [-0.25, -0.2) is 4.79 Å². The number of alkyl carbamates (subject to hydrolysis) is 1. The maximum atomic E-state index is 13.2. The minimum atomic E-state index is -0.721. The second-order valence-corrected chi connectivity index (χ2v) is 9.77. The third-order valence-corrected chi connectivity index (χ3v) is 5.12. The predicted molar refractivity (Wildman–Crippen MR) is 142 cm³/mol. The minimum absolute atomic E-state index is 0.113. The van der Waals surface area contributed by atoms with Crippen LogP contribution >= 0.6 is 0 Å². The molecule has 0 radical (unpaired) electrons. The fraction of sp³-hybridized carbons (Fsp3) is 0.357. The molecule has 0 saturated heterocycles. The Kier molecular flexibility index (Phi) is 9.75. The van der Waals surface area contributed by atoms with E-state index < -0.39 is 23.8 Å². The number of hydrogen-bond acceptors (Lipinski definition) is 8. The van der Waals surface area contributed by atoms with Gasteiger partial charge in [0.15, 0.2) is 5.69 Å². The van der Waals surface area contributed by atoms with Gasteiger partial charge < -0.3 is 19.7 Å². The number of carbonyl (C=O) groups excluding carboxylic acids is 3. The Morgan fingerprint density at radius 2 is 1.85 bits per heavy atom. The van der Waals surface area contributed by atoms with Gasteiger partial charge in [0.25, 0.3) is 5.91 Å². The number of nitrogens with zero attached hydrogens (tertiary/aromatic N) is 5. The Bertz CT molecular complexity index is 1350. The van der Waals surface area contributed by atoms with Crippen LogP contribution in [-0.4, -0.2) is 74.7 Å². The summed E-state index contributed by atoms with van der Waals surface area (Å²) in [6, 6.07) is 11.1. The van der Waals surface area contributed by atoms with E-state index >= 15 is 0 Å². The fourth-order valence-electron chi connectivity index (χ4n) is 3.48. The number of likely N-dealkylation sites (N-methyl/N-ethyl adjacent to an activating group) is 1. The van der Waals surface area contributed by atoms with Gasteiger partial charge in [-0.15, -0.1) is 5.10 Å². The van der Waals surface area contributed by atoms with Gasteiger partial charge in [0.2, 0.25) is 0 Å². The van der Waals surface area contributed by atoms with Gasteiger partial charge in [-0.1, -0.05) is 36.3 Å². The van der Waals surface area contributed by atoms with E-state index in [9.17, 15) is 14.4 Å². The Morgan fingerprint density at radius 3 is 2.51 bits per heavy atom. The smallest absolute Gasteiger partial charge is 0.408 e. The molecule has 0 aliphatic rings. The molecule has 0 spiro atoms. The normalized spacial score (nSPS) is 11.5. The number of aryl methyl sites for hydroxylation is 1. The van der Waals surface area contributed by atoms with E-state index in [2.05, 4.69) is 32.3 Å². The first-order valence-corrected chi connectivity index (χ1v) is 12.3. The largest absolute Gasteiger partial charge is 0.459 e. The number of amides is 2. The van der Waals surface area contributed by atoms with E-state index in [4.69, 9.17) is 9.47 Å². The van der Waals surface area contributed by atoms with E-state index in [0.717, 1.165) is 5.56 Å². The molecule has 1 aromatic carbocycles. The van der Waals surface area contributed by atoms with Gasteiger partial charge in [0, 0.05) is 38.5 Å². The zero-order valence-corrected chi connectivity index (χ0v) is 22.7. The van der Waals surface area contributed by atoms with Crippen LogP contribution < -0.4 is 5.32 Å². The van der Waals surface area contributed by atoms with Crippen molar-refractivity contribution in [3.05, 3.63) is 77.4 Å². The van der Waals surface area contributed by atoms with E-state index in [-0.39, 0.29) is 19.0 Å². The summed E-state index contributed by atoms with van der Waals surface area (Å²) in [5.74, 6) is 4.86. The predicted octanol–water partition coefficient (Wildman–Crippen LogP) is 2.36. The summed E-state index contributed by atoms with van der Waals surface area (Å²) in [6.07, 6.45) is 3.54. The van der Waals surface area contributed by atoms with E-state index in [1.165, 1.54) is 15.9 Å². The van der Waals surface area contributed by atoms with Crippen LogP contribution in [0.3, 0.4) is 0 Å². The molecule has 1 atom stereocenters. The molecule has 3 rings (SSSR count). The number of aromatic nitrogens is 4. The number of pyridine rings is 1. The van der Waals surface area contributed by atoms with Crippen molar-refractivity contribution in [2.24, 2.45) is 7.05 Å². The Balaban J connectivity index is 1.67. The molecule has 0 saturated carbocycles. The summed E-state index contributed by atoms with van der Waals surface area (Å²) in [6.45, 7) is 4.92. The van der Waals surface area contributed by atoms with E-state index in [1.54, 1.807) is 53.3 Å². The molecule has 39 heavy (non-hydrogen) atoms. The summed E-state index contributed by atoms with van der Waals surface area (Å²) in [7, 11) is 3.31. The molecule has 204 valence electrons. The van der Waals surface area contributed by atoms with Crippen molar-refractivity contribution in [1.29, 1.82) is 0 Å². The van der Waals surface area contributed by atoms with Gasteiger partial charge in [-0.2, -0.15) is 9.90 Å². The number of rotatable bonds is 8. The number of ether oxygens (including phenoxy) is 2. The Labute approximate surface area is 227 Å². The van der Waals surface area contributed by atoms with Gasteiger partial charge in [-0.3, -0.25) is 14.6 Å². The van der Waals surface area contributed by atoms with Crippen LogP contribution in [0.1, 0.15) is 48.0 Å². The summed E-state index contributed by atoms with van der Waals surface area (Å²) in [5, 5.41) is 10.5. The van der Waals surface area contributed by atoms with Gasteiger partial charge in [-0.05, 0) is 38.3 Å². The van der Waals surface area contributed by atoms with E-state index in [1.807, 2.05) is 30.3 Å². The molecule has 0 fully saturated rings. The molecule has 0 bridgehead atoms. The van der Waals surface area contributed by atoms with Gasteiger partial charge in [0.1, 0.15) is 18.2 Å². The molecule has 3 aromatic rings. The molecule has 2 amide bonds. The standard InChI is InChI=1S/C28H32N6O5/c1-28(2,3)39-27(37)30-18-25(35)38-24(14-20-9-7-6-8-10-20)19-33(4)26(36)22-13-21(15-29-16-22)11-12-23-17-31-34(5)32-23/h6-10,13,15-17,24H,14,18-19H2,1-5H3,(H,30,37)/t24-/m0/s1. The lowest BCUT2D eigenvalue weighted by molar-refractivity contribution is -0.148. The average molecular weight is 533 g/mol. The zero-order valence-electron chi connectivity index (χ0n) is 22.7. The van der Waals surface area contributed by atoms with Crippen molar-refractivity contribution in [2.45, 2.75) is 38.9 Å². The molecular formula is C28H32N6O5. The summed E-state index contributed by atoms with van der Waals surface area (Å²) < 4.78 is 10.8. The molecule has 1 N–H and O–H groups in total. The maximum Gasteiger partial charge on any atom is 0.408 e. The molecule has 0 unspecified atom stereocenters. The van der Waals surface area contributed by atoms with Crippen LogP contribution in [0.15, 0.2) is 55.0 Å². The molecule has 0 aliphatic carbocycles. The summed E-state index contributed by atoms with van der Waals surface area (Å²) >= 11 is 0. The monoisotopic (exact) mass is 532 g/mol. The SMILES string of the molecule is CN(C[C@H](Cc1ccccc1)OC(=O)CNC(=O)OC(C)(C)C)C(=O)c1cncc(C#Cc2cnn(C)n2)c1. The van der Waals surface area contributed by atoms with Crippen LogP contribution in [0.25, 0.3) is 0 Å². The molecule has 11 nitrogen and oxygen atoms in total. The molecule has 0 aliphatic heterocycles. The first kappa shape index (κ1) is 28.8. The third kappa shape index (κ3) is 9.92. The molecule has 11 heteroatoms. The van der Waals surface area contributed by atoms with Gasteiger partial charge in [0.05, 0.1) is 18.3 Å². The highest BCUT2D eigenvalue weighted by Crippen LogP contribution is 2.11. The maximum absolute atomic E-state index is 13.2. The number of carbonyl (C=O) groups is 3. The van der Waals surface area contributed by atoms with Crippen LogP contribution in [-0.2, 0) is 27.7 Å². The topological polar surface area (TPSA) is 129 Å². The number of esters is 1. The van der Waals surface area contributed by atoms with Crippen molar-refractivity contribution in [3.8, 4) is 11.8 Å². The first-order chi connectivity index (χ1) is 18.5. The molecular weight excluding hydrogens is 500 g/mol. The highest BCUT2D eigenvalue weighted by molar-refractivity contribution is 5.94. The molecule has 2 heterocycles. The van der Waals surface area contributed by atoms with Gasteiger partial charge >= 0.3 is 12.1 Å². The second kappa shape index (κ2) is 13.2. The Morgan fingerprint density at radius 1 is 1.10 bits per heavy atom. The van der Waals surface area contributed by atoms with Crippen LogP contribution in [0, 0.1) is 11.8 Å². The number of benzene rings is 1. The second-order valence-electron chi connectivity index (χ2n) is 9.77. The zero-order chi connectivity index (χ0) is 28.4. The number of hydrogen-bond donors (Lipinski definition) is 1. The van der Waals surface area contributed by atoms with Crippen molar-refractivity contribution in [2.75, 3.05) is 20.1 Å². The fourth-order valence-corrected chi connectivity index (χ4v) is 3.48.